The molecular weight excluding hydrogens is 254 g/mol. The van der Waals surface area contributed by atoms with E-state index in [1.165, 1.54) is 12.1 Å². The second-order valence-corrected chi connectivity index (χ2v) is 3.41. The molecule has 0 aromatic heterocycles. The number of carbonyl (C=O) groups is 2. The molecule has 98 valence electrons. The quantitative estimate of drug-likeness (QED) is 0.373. The summed E-state index contributed by atoms with van der Waals surface area (Å²) in [5.41, 5.74) is -0.0496. The summed E-state index contributed by atoms with van der Waals surface area (Å²) in [4.78, 5) is 31.5. The van der Waals surface area contributed by atoms with Crippen molar-refractivity contribution in [3.8, 4) is 11.8 Å². The number of benzene rings is 1. The first-order chi connectivity index (χ1) is 8.93. The normalized spacial score (nSPS) is 9.11. The van der Waals surface area contributed by atoms with E-state index in [1.54, 1.807) is 0 Å². The van der Waals surface area contributed by atoms with E-state index in [0.717, 1.165) is 13.2 Å². The van der Waals surface area contributed by atoms with Crippen LogP contribution >= 0.6 is 0 Å². The molecule has 0 bridgehead atoms. The van der Waals surface area contributed by atoms with Gasteiger partial charge in [0.2, 0.25) is 0 Å². The number of nitro groups is 1. The Morgan fingerprint density at radius 2 is 2.16 bits per heavy atom. The molecule has 1 aromatic carbocycles. The zero-order valence-electron chi connectivity index (χ0n) is 9.87. The highest BCUT2D eigenvalue weighted by Crippen LogP contribution is 2.20. The minimum absolute atomic E-state index is 0.0705. The molecule has 1 rings (SSSR count). The van der Waals surface area contributed by atoms with Crippen molar-refractivity contribution in [3.63, 3.8) is 0 Å². The third kappa shape index (κ3) is 4.12. The standard InChI is InChI=1S/C12H9NO6/c1-19-12(16)5-3-8-2-4-9(7-11(14)15)10(6-8)13(17)18/h2,4,6H,7H2,1H3,(H,14,15). The Labute approximate surface area is 108 Å². The molecule has 0 atom stereocenters. The molecular formula is C12H9NO6. The van der Waals surface area contributed by atoms with Crippen molar-refractivity contribution in [3.05, 3.63) is 39.4 Å². The first-order valence-corrected chi connectivity index (χ1v) is 5.03. The lowest BCUT2D eigenvalue weighted by Gasteiger charge is -2.00. The summed E-state index contributed by atoms with van der Waals surface area (Å²) in [5.74, 6) is 2.58. The van der Waals surface area contributed by atoms with Gasteiger partial charge >= 0.3 is 11.9 Å². The number of ether oxygens (including phenoxy) is 1. The maximum Gasteiger partial charge on any atom is 0.384 e. The first kappa shape index (κ1) is 14.2. The van der Waals surface area contributed by atoms with Crippen LogP contribution in [0.4, 0.5) is 5.69 Å². The molecule has 0 saturated heterocycles. The maximum absolute atomic E-state index is 10.8. The summed E-state index contributed by atoms with van der Waals surface area (Å²) < 4.78 is 4.30. The van der Waals surface area contributed by atoms with Gasteiger partial charge in [0.05, 0.1) is 18.5 Å². The van der Waals surface area contributed by atoms with E-state index in [4.69, 9.17) is 5.11 Å². The topological polar surface area (TPSA) is 107 Å². The van der Waals surface area contributed by atoms with E-state index in [1.807, 2.05) is 0 Å². The number of carboxylic acids is 1. The second-order valence-electron chi connectivity index (χ2n) is 3.41. The molecule has 7 heteroatoms. The molecule has 0 aliphatic carbocycles. The minimum atomic E-state index is -1.17. The highest BCUT2D eigenvalue weighted by molar-refractivity contribution is 5.89. The zero-order valence-corrected chi connectivity index (χ0v) is 9.87. The molecule has 0 radical (unpaired) electrons. The molecule has 7 nitrogen and oxygen atoms in total. The number of hydrogen-bond acceptors (Lipinski definition) is 5. The van der Waals surface area contributed by atoms with Crippen molar-refractivity contribution in [2.24, 2.45) is 0 Å². The molecule has 0 fully saturated rings. The fourth-order valence-electron chi connectivity index (χ4n) is 1.30. The van der Waals surface area contributed by atoms with Crippen LogP contribution in [0, 0.1) is 22.0 Å². The van der Waals surface area contributed by atoms with Crippen LogP contribution in [-0.4, -0.2) is 29.1 Å². The molecule has 1 N–H and O–H groups in total. The molecule has 0 amide bonds. The number of nitro benzene ring substituents is 1. The van der Waals surface area contributed by atoms with E-state index in [2.05, 4.69) is 16.6 Å². The van der Waals surface area contributed by atoms with Crippen LogP contribution in [0.2, 0.25) is 0 Å². The number of rotatable bonds is 3. The monoisotopic (exact) mass is 263 g/mol. The van der Waals surface area contributed by atoms with Crippen molar-refractivity contribution in [2.45, 2.75) is 6.42 Å². The van der Waals surface area contributed by atoms with Crippen molar-refractivity contribution in [1.82, 2.24) is 0 Å². The van der Waals surface area contributed by atoms with Gasteiger partial charge in [0, 0.05) is 23.1 Å². The lowest BCUT2D eigenvalue weighted by Crippen LogP contribution is -2.04. The molecule has 1 aromatic rings. The molecule has 0 unspecified atom stereocenters. The van der Waals surface area contributed by atoms with Crippen LogP contribution in [0.15, 0.2) is 18.2 Å². The van der Waals surface area contributed by atoms with Crippen LogP contribution in [0.5, 0.6) is 0 Å². The van der Waals surface area contributed by atoms with E-state index in [-0.39, 0.29) is 16.8 Å². The van der Waals surface area contributed by atoms with Crippen LogP contribution in [-0.2, 0) is 20.7 Å². The Morgan fingerprint density at radius 3 is 2.68 bits per heavy atom. The van der Waals surface area contributed by atoms with Crippen LogP contribution < -0.4 is 0 Å². The minimum Gasteiger partial charge on any atom is -0.481 e. The smallest absolute Gasteiger partial charge is 0.384 e. The Kier molecular flexibility index (Phi) is 4.60. The number of nitrogens with zero attached hydrogens (tertiary/aromatic N) is 1. The summed E-state index contributed by atoms with van der Waals surface area (Å²) in [6, 6.07) is 3.82. The summed E-state index contributed by atoms with van der Waals surface area (Å²) in [5, 5.41) is 19.5. The summed E-state index contributed by atoms with van der Waals surface area (Å²) in [6.07, 6.45) is -0.457. The average Bonchev–Trinajstić information content (AvgIpc) is 2.36. The molecule has 0 heterocycles. The van der Waals surface area contributed by atoms with Crippen molar-refractivity contribution < 1.29 is 24.4 Å². The predicted molar refractivity (Wildman–Crippen MR) is 63.3 cm³/mol. The van der Waals surface area contributed by atoms with Gasteiger partial charge in [-0.2, -0.15) is 0 Å². The zero-order chi connectivity index (χ0) is 14.4. The van der Waals surface area contributed by atoms with Gasteiger partial charge in [0.15, 0.2) is 0 Å². The first-order valence-electron chi connectivity index (χ1n) is 5.03. The fourth-order valence-corrected chi connectivity index (χ4v) is 1.30. The van der Waals surface area contributed by atoms with Gasteiger partial charge in [-0.25, -0.2) is 4.79 Å². The van der Waals surface area contributed by atoms with Crippen LogP contribution in [0.3, 0.4) is 0 Å². The van der Waals surface area contributed by atoms with E-state index >= 15 is 0 Å². The van der Waals surface area contributed by atoms with Crippen molar-refractivity contribution >= 4 is 17.6 Å². The van der Waals surface area contributed by atoms with Crippen molar-refractivity contribution in [2.75, 3.05) is 7.11 Å². The maximum atomic E-state index is 10.8. The Morgan fingerprint density at radius 1 is 1.47 bits per heavy atom. The molecule has 0 saturated carbocycles. The SMILES string of the molecule is COC(=O)C#Cc1ccc(CC(=O)O)c([N+](=O)[O-])c1. The molecule has 0 aliphatic rings. The van der Waals surface area contributed by atoms with E-state index < -0.39 is 23.3 Å². The lowest BCUT2D eigenvalue weighted by atomic mass is 10.1. The second kappa shape index (κ2) is 6.16. The largest absolute Gasteiger partial charge is 0.481 e. The fraction of sp³-hybridized carbons (Fsp3) is 0.167. The van der Waals surface area contributed by atoms with Crippen LogP contribution in [0.1, 0.15) is 11.1 Å². The van der Waals surface area contributed by atoms with Gasteiger partial charge < -0.3 is 9.84 Å². The van der Waals surface area contributed by atoms with Gasteiger partial charge in [-0.15, -0.1) is 0 Å². The van der Waals surface area contributed by atoms with Gasteiger partial charge in [-0.1, -0.05) is 12.0 Å². The average molecular weight is 263 g/mol. The highest BCUT2D eigenvalue weighted by Gasteiger charge is 2.16. The van der Waals surface area contributed by atoms with Crippen LogP contribution in [0.25, 0.3) is 0 Å². The van der Waals surface area contributed by atoms with E-state index in [0.29, 0.717) is 0 Å². The predicted octanol–water partition coefficient (Wildman–Crippen LogP) is 0.746. The lowest BCUT2D eigenvalue weighted by molar-refractivity contribution is -0.385. The highest BCUT2D eigenvalue weighted by atomic mass is 16.6. The van der Waals surface area contributed by atoms with Gasteiger partial charge in [0.1, 0.15) is 0 Å². The third-order valence-electron chi connectivity index (χ3n) is 2.12. The third-order valence-corrected chi connectivity index (χ3v) is 2.12. The Balaban J connectivity index is 3.15. The summed E-state index contributed by atoms with van der Waals surface area (Å²) in [6.45, 7) is 0. The van der Waals surface area contributed by atoms with Gasteiger partial charge in [0.25, 0.3) is 5.69 Å². The Bertz CT molecular complexity index is 596. The summed E-state index contributed by atoms with van der Waals surface area (Å²) >= 11 is 0. The number of esters is 1. The number of carbonyl (C=O) groups excluding carboxylic acids is 1. The molecule has 0 spiro atoms. The number of hydrogen-bond donors (Lipinski definition) is 1. The molecule has 0 aliphatic heterocycles. The number of methoxy groups -OCH3 is 1. The van der Waals surface area contributed by atoms with E-state index in [9.17, 15) is 19.7 Å². The van der Waals surface area contributed by atoms with Crippen molar-refractivity contribution in [1.29, 1.82) is 0 Å². The summed E-state index contributed by atoms with van der Waals surface area (Å²) in [7, 11) is 1.16. The molecule has 19 heavy (non-hydrogen) atoms. The number of carboxylic acid groups (broad SMARTS) is 1. The van der Waals surface area contributed by atoms with Gasteiger partial charge in [-0.05, 0) is 6.07 Å². The van der Waals surface area contributed by atoms with Gasteiger partial charge in [-0.3, -0.25) is 14.9 Å². The number of aliphatic carboxylic acids is 1. The Hall–Kier alpha value is -2.88.